The predicted octanol–water partition coefficient (Wildman–Crippen LogP) is 4.28. The standard InChI is InChI=1S/C23H21ClN2O3S/c24-18-8-3-5-16-6-4-10-20(22(16)18)30-15-21(28)25-11-13-26(14-12-25)23(29)17-7-1-2-9-19(17)27/h1-10,27H,11-15H2. The summed E-state index contributed by atoms with van der Waals surface area (Å²) >= 11 is 7.85. The minimum Gasteiger partial charge on any atom is -0.507 e. The molecule has 0 atom stereocenters. The lowest BCUT2D eigenvalue weighted by atomic mass is 10.1. The number of phenols is 1. The Morgan fingerprint density at radius 1 is 0.900 bits per heavy atom. The van der Waals surface area contributed by atoms with Gasteiger partial charge in [0.05, 0.1) is 11.3 Å². The summed E-state index contributed by atoms with van der Waals surface area (Å²) in [5.74, 6) is 0.127. The summed E-state index contributed by atoms with van der Waals surface area (Å²) in [5, 5.41) is 12.6. The molecule has 1 aliphatic heterocycles. The van der Waals surface area contributed by atoms with Crippen LogP contribution >= 0.6 is 23.4 Å². The Morgan fingerprint density at radius 2 is 1.57 bits per heavy atom. The van der Waals surface area contributed by atoms with E-state index in [2.05, 4.69) is 0 Å². The first-order valence-corrected chi connectivity index (χ1v) is 11.1. The van der Waals surface area contributed by atoms with E-state index in [-0.39, 0.29) is 17.6 Å². The van der Waals surface area contributed by atoms with E-state index in [1.165, 1.54) is 17.8 Å². The molecule has 2 amide bonds. The summed E-state index contributed by atoms with van der Waals surface area (Å²) in [6.45, 7) is 1.86. The van der Waals surface area contributed by atoms with Crippen molar-refractivity contribution in [3.05, 3.63) is 71.2 Å². The zero-order valence-electron chi connectivity index (χ0n) is 16.3. The van der Waals surface area contributed by atoms with E-state index in [0.717, 1.165) is 15.7 Å². The number of nitrogens with zero attached hydrogens (tertiary/aromatic N) is 2. The van der Waals surface area contributed by atoms with Gasteiger partial charge in [0.15, 0.2) is 0 Å². The number of hydrogen-bond acceptors (Lipinski definition) is 4. The van der Waals surface area contributed by atoms with Crippen molar-refractivity contribution < 1.29 is 14.7 Å². The van der Waals surface area contributed by atoms with Crippen LogP contribution in [0.15, 0.2) is 65.6 Å². The van der Waals surface area contributed by atoms with Crippen LogP contribution in [0.2, 0.25) is 5.02 Å². The number of amides is 2. The number of carbonyl (C=O) groups is 2. The fourth-order valence-corrected chi connectivity index (χ4v) is 4.95. The number of para-hydroxylation sites is 1. The molecule has 5 nitrogen and oxygen atoms in total. The molecule has 3 aromatic rings. The van der Waals surface area contributed by atoms with E-state index in [9.17, 15) is 14.7 Å². The Kier molecular flexibility index (Phi) is 6.16. The van der Waals surface area contributed by atoms with Crippen molar-refractivity contribution in [2.45, 2.75) is 4.90 Å². The molecule has 0 unspecified atom stereocenters. The molecule has 1 N–H and O–H groups in total. The first-order chi connectivity index (χ1) is 14.5. The van der Waals surface area contributed by atoms with Gasteiger partial charge in [-0.15, -0.1) is 11.8 Å². The molecular weight excluding hydrogens is 420 g/mol. The summed E-state index contributed by atoms with van der Waals surface area (Å²) in [4.78, 5) is 29.8. The second kappa shape index (κ2) is 8.98. The highest BCUT2D eigenvalue weighted by molar-refractivity contribution is 8.00. The summed E-state index contributed by atoms with van der Waals surface area (Å²) in [6.07, 6.45) is 0. The normalized spacial score (nSPS) is 14.2. The van der Waals surface area contributed by atoms with Crippen LogP contribution in [0.1, 0.15) is 10.4 Å². The molecule has 0 spiro atoms. The number of benzene rings is 3. The number of hydrogen-bond donors (Lipinski definition) is 1. The molecule has 1 aliphatic rings. The number of halogens is 1. The second-order valence-electron chi connectivity index (χ2n) is 7.07. The number of piperazine rings is 1. The third kappa shape index (κ3) is 4.25. The molecule has 1 heterocycles. The second-order valence-corrected chi connectivity index (χ2v) is 8.50. The van der Waals surface area contributed by atoms with Crippen molar-refractivity contribution in [3.8, 4) is 5.75 Å². The van der Waals surface area contributed by atoms with Crippen LogP contribution in [0, 0.1) is 0 Å². The van der Waals surface area contributed by atoms with Crippen LogP contribution in [0.5, 0.6) is 5.75 Å². The molecule has 0 saturated carbocycles. The summed E-state index contributed by atoms with van der Waals surface area (Å²) < 4.78 is 0. The lowest BCUT2D eigenvalue weighted by molar-refractivity contribution is -0.129. The zero-order valence-corrected chi connectivity index (χ0v) is 17.8. The Morgan fingerprint density at radius 3 is 2.30 bits per heavy atom. The third-order valence-corrected chi connectivity index (χ3v) is 6.58. The topological polar surface area (TPSA) is 60.9 Å². The highest BCUT2D eigenvalue weighted by Gasteiger charge is 2.26. The Labute approximate surface area is 184 Å². The van der Waals surface area contributed by atoms with Crippen LogP contribution in [0.3, 0.4) is 0 Å². The molecular formula is C23H21ClN2O3S. The van der Waals surface area contributed by atoms with Crippen LogP contribution in [-0.4, -0.2) is 58.7 Å². The van der Waals surface area contributed by atoms with Gasteiger partial charge in [0.2, 0.25) is 5.91 Å². The van der Waals surface area contributed by atoms with Crippen LogP contribution in [0.25, 0.3) is 10.8 Å². The minimum absolute atomic E-state index is 0.0221. The van der Waals surface area contributed by atoms with E-state index < -0.39 is 0 Å². The van der Waals surface area contributed by atoms with Crippen molar-refractivity contribution >= 4 is 45.9 Å². The third-order valence-electron chi connectivity index (χ3n) is 5.22. The molecule has 0 radical (unpaired) electrons. The molecule has 4 rings (SSSR count). The summed E-state index contributed by atoms with van der Waals surface area (Å²) in [5.41, 5.74) is 0.292. The molecule has 0 bridgehead atoms. The molecule has 3 aromatic carbocycles. The molecule has 0 aromatic heterocycles. The first-order valence-electron chi connectivity index (χ1n) is 9.69. The number of fused-ring (bicyclic) bond motifs is 1. The zero-order chi connectivity index (χ0) is 21.1. The van der Waals surface area contributed by atoms with Gasteiger partial charge in [0.25, 0.3) is 5.91 Å². The van der Waals surface area contributed by atoms with Gasteiger partial charge in [-0.2, -0.15) is 0 Å². The molecule has 154 valence electrons. The maximum absolute atomic E-state index is 12.7. The van der Waals surface area contributed by atoms with E-state index in [1.807, 2.05) is 36.4 Å². The number of carbonyl (C=O) groups excluding carboxylic acids is 2. The SMILES string of the molecule is O=C(CSc1cccc2cccc(Cl)c12)N1CCN(C(=O)c2ccccc2O)CC1. The van der Waals surface area contributed by atoms with Gasteiger partial charge < -0.3 is 14.9 Å². The van der Waals surface area contributed by atoms with Gasteiger partial charge >= 0.3 is 0 Å². The molecule has 0 aliphatic carbocycles. The quantitative estimate of drug-likeness (QED) is 0.615. The van der Waals surface area contributed by atoms with Gasteiger partial charge in [-0.25, -0.2) is 0 Å². The number of thioether (sulfide) groups is 1. The minimum atomic E-state index is -0.208. The van der Waals surface area contributed by atoms with Gasteiger partial charge in [0, 0.05) is 41.5 Å². The molecule has 1 fully saturated rings. The Bertz CT molecular complexity index is 1090. The van der Waals surface area contributed by atoms with Crippen molar-refractivity contribution in [2.75, 3.05) is 31.9 Å². The summed E-state index contributed by atoms with van der Waals surface area (Å²) in [7, 11) is 0. The van der Waals surface area contributed by atoms with Crippen LogP contribution in [0.4, 0.5) is 0 Å². The molecule has 1 saturated heterocycles. The predicted molar refractivity (Wildman–Crippen MR) is 120 cm³/mol. The molecule has 30 heavy (non-hydrogen) atoms. The number of rotatable bonds is 4. The first kappa shape index (κ1) is 20.6. The highest BCUT2D eigenvalue weighted by Crippen LogP contribution is 2.33. The summed E-state index contributed by atoms with van der Waals surface area (Å²) in [6, 6.07) is 18.3. The maximum atomic E-state index is 12.7. The van der Waals surface area contributed by atoms with Gasteiger partial charge in [-0.1, -0.05) is 48.0 Å². The number of aromatic hydroxyl groups is 1. The van der Waals surface area contributed by atoms with Crippen LogP contribution < -0.4 is 0 Å². The smallest absolute Gasteiger partial charge is 0.257 e. The Balaban J connectivity index is 1.35. The Hall–Kier alpha value is -2.70. The largest absolute Gasteiger partial charge is 0.507 e. The fourth-order valence-electron chi connectivity index (χ4n) is 3.60. The van der Waals surface area contributed by atoms with Crippen molar-refractivity contribution in [3.63, 3.8) is 0 Å². The van der Waals surface area contributed by atoms with E-state index >= 15 is 0 Å². The van der Waals surface area contributed by atoms with E-state index in [1.54, 1.807) is 28.0 Å². The van der Waals surface area contributed by atoms with Gasteiger partial charge in [0.1, 0.15) is 5.75 Å². The maximum Gasteiger partial charge on any atom is 0.257 e. The van der Waals surface area contributed by atoms with Crippen molar-refractivity contribution in [1.82, 2.24) is 9.80 Å². The van der Waals surface area contributed by atoms with Crippen molar-refractivity contribution in [1.29, 1.82) is 0 Å². The average molecular weight is 441 g/mol. The lowest BCUT2D eigenvalue weighted by Crippen LogP contribution is -2.51. The average Bonchev–Trinajstić information content (AvgIpc) is 2.77. The number of phenolic OH excluding ortho intramolecular Hbond substituents is 1. The highest BCUT2D eigenvalue weighted by atomic mass is 35.5. The monoisotopic (exact) mass is 440 g/mol. The van der Waals surface area contributed by atoms with Crippen LogP contribution in [-0.2, 0) is 4.79 Å². The lowest BCUT2D eigenvalue weighted by Gasteiger charge is -2.35. The van der Waals surface area contributed by atoms with Gasteiger partial charge in [-0.05, 0) is 29.7 Å². The fraction of sp³-hybridized carbons (Fsp3) is 0.217. The van der Waals surface area contributed by atoms with Crippen molar-refractivity contribution in [2.24, 2.45) is 0 Å². The van der Waals surface area contributed by atoms with E-state index in [0.29, 0.717) is 42.5 Å². The molecule has 7 heteroatoms. The van der Waals surface area contributed by atoms with E-state index in [4.69, 9.17) is 11.6 Å². The van der Waals surface area contributed by atoms with Gasteiger partial charge in [-0.3, -0.25) is 9.59 Å².